The van der Waals surface area contributed by atoms with Crippen LogP contribution >= 0.6 is 0 Å². The molecule has 61 heavy (non-hydrogen) atoms. The zero-order valence-electron chi connectivity index (χ0n) is 34.9. The third-order valence-corrected chi connectivity index (χ3v) is 12.4. The fraction of sp³-hybridized carbons (Fsp3) is 0.585. The van der Waals surface area contributed by atoms with E-state index in [-0.39, 0.29) is 16.8 Å². The van der Waals surface area contributed by atoms with Crippen molar-refractivity contribution >= 4 is 41.8 Å². The van der Waals surface area contributed by atoms with Crippen molar-refractivity contribution in [2.45, 2.75) is 115 Å². The summed E-state index contributed by atoms with van der Waals surface area (Å²) in [5.74, 6) is -11.0. The molecule has 0 unspecified atom stereocenters. The second-order valence-electron chi connectivity index (χ2n) is 16.4. The Morgan fingerprint density at radius 3 is 2.11 bits per heavy atom. The fourth-order valence-corrected chi connectivity index (χ4v) is 9.64. The predicted octanol–water partition coefficient (Wildman–Crippen LogP) is 0.455. The number of ether oxygens (including phenoxy) is 8. The van der Waals surface area contributed by atoms with Crippen molar-refractivity contribution in [3.8, 4) is 0 Å². The molecule has 4 aliphatic rings. The summed E-state index contributed by atoms with van der Waals surface area (Å²) in [5, 5.41) is 26.6. The van der Waals surface area contributed by atoms with E-state index in [4.69, 9.17) is 37.9 Å². The van der Waals surface area contributed by atoms with E-state index in [1.165, 1.54) is 39.2 Å². The van der Waals surface area contributed by atoms with Crippen LogP contribution in [0.4, 0.5) is 0 Å². The van der Waals surface area contributed by atoms with Crippen LogP contribution in [0, 0.1) is 17.3 Å². The van der Waals surface area contributed by atoms with E-state index in [2.05, 4.69) is 4.98 Å². The number of fused-ring (bicyclic) bond motifs is 5. The Bertz CT molecular complexity index is 2220. The molecule has 1 spiro atoms. The number of aryl methyl sites for hydroxylation is 1. The molecule has 0 aromatic carbocycles. The average molecular weight is 857 g/mol. The molecule has 2 N–H and O–H groups in total. The number of pyridine rings is 2. The van der Waals surface area contributed by atoms with E-state index in [1.807, 2.05) is 0 Å². The first kappa shape index (κ1) is 44.8. The van der Waals surface area contributed by atoms with Crippen molar-refractivity contribution in [1.29, 1.82) is 0 Å². The first-order chi connectivity index (χ1) is 28.4. The number of aromatic nitrogens is 2. The number of hydrogen-bond donors (Lipinski definition) is 2. The second kappa shape index (κ2) is 15.9. The summed E-state index contributed by atoms with van der Waals surface area (Å²) in [6, 6.07) is 5.05. The molecule has 2 aliphatic carbocycles. The number of esters is 7. The van der Waals surface area contributed by atoms with Gasteiger partial charge in [0.05, 0.1) is 28.7 Å². The summed E-state index contributed by atoms with van der Waals surface area (Å²) in [4.78, 5) is 112. The Labute approximate surface area is 348 Å². The number of aliphatic hydroxyl groups excluding tert-OH is 1. The number of aliphatic hydroxyl groups is 2. The van der Waals surface area contributed by atoms with Gasteiger partial charge < -0.3 is 52.7 Å². The molecule has 6 rings (SSSR count). The molecule has 2 aromatic heterocycles. The van der Waals surface area contributed by atoms with Crippen molar-refractivity contribution < 1.29 is 81.7 Å². The number of carbonyl (C=O) groups is 7. The molecular formula is C41H48N2O18. The maximum absolute atomic E-state index is 14.5. The van der Waals surface area contributed by atoms with Gasteiger partial charge in [0.1, 0.15) is 48.1 Å². The van der Waals surface area contributed by atoms with E-state index in [9.17, 15) is 48.6 Å². The van der Waals surface area contributed by atoms with Crippen molar-refractivity contribution in [1.82, 2.24) is 9.55 Å². The number of nitrogens with zero attached hydrogens (tertiary/aromatic N) is 2. The molecular weight excluding hydrogens is 808 g/mol. The normalized spacial score (nSPS) is 36.5. The Kier molecular flexibility index (Phi) is 11.7. The van der Waals surface area contributed by atoms with Crippen LogP contribution in [0.15, 0.2) is 41.5 Å². The number of cyclic esters (lactones) is 1. The van der Waals surface area contributed by atoms with E-state index in [1.54, 1.807) is 6.92 Å². The van der Waals surface area contributed by atoms with E-state index >= 15 is 0 Å². The lowest BCUT2D eigenvalue weighted by Crippen LogP contribution is -2.89. The monoisotopic (exact) mass is 856 g/mol. The van der Waals surface area contributed by atoms with Gasteiger partial charge in [-0.3, -0.25) is 33.8 Å². The van der Waals surface area contributed by atoms with Crippen LogP contribution in [-0.4, -0.2) is 128 Å². The zero-order valence-corrected chi connectivity index (χ0v) is 34.9. The van der Waals surface area contributed by atoms with Crippen molar-refractivity contribution in [2.75, 3.05) is 13.2 Å². The summed E-state index contributed by atoms with van der Waals surface area (Å²) < 4.78 is 49.5. The topological polar surface area (TPSA) is 269 Å². The summed E-state index contributed by atoms with van der Waals surface area (Å²) in [7, 11) is 1.35. The smallest absolute Gasteiger partial charge is 0.340 e. The first-order valence-corrected chi connectivity index (χ1v) is 19.4. The lowest BCUT2D eigenvalue weighted by atomic mass is 9.45. The van der Waals surface area contributed by atoms with Gasteiger partial charge in [0.15, 0.2) is 23.9 Å². The highest BCUT2D eigenvalue weighted by Gasteiger charge is 2.91. The minimum Gasteiger partial charge on any atom is -0.465 e. The SMILES string of the molecule is CC(=O)OC[C@]12[C@H](O)[C@H](OC(=O)c3ccc(=O)n(C)c3)[C@H]3OC(=O)[C@@H](C)[C@@H](C)c4ncccc4C(=O)OC[C@@]4(C)O[C@]1([C@H](OC(C)=O)[C@@H]4[C@@H](OC(C)=O)[C@@H]2OC(C)=O)[C@@]3(C)O. The molecule has 4 heterocycles. The van der Waals surface area contributed by atoms with E-state index < -0.39 is 137 Å². The highest BCUT2D eigenvalue weighted by molar-refractivity contribution is 5.91. The highest BCUT2D eigenvalue weighted by atomic mass is 16.7. The maximum atomic E-state index is 14.5. The van der Waals surface area contributed by atoms with Crippen LogP contribution < -0.4 is 5.56 Å². The quantitative estimate of drug-likeness (QED) is 0.283. The van der Waals surface area contributed by atoms with Gasteiger partial charge in [-0.2, -0.15) is 0 Å². The molecule has 2 saturated carbocycles. The maximum Gasteiger partial charge on any atom is 0.340 e. The summed E-state index contributed by atoms with van der Waals surface area (Å²) in [5.41, 5.74) is -11.1. The Balaban J connectivity index is 1.74. The molecule has 4 bridgehead atoms. The van der Waals surface area contributed by atoms with Gasteiger partial charge in [0, 0.05) is 59.1 Å². The average Bonchev–Trinajstić information content (AvgIpc) is 3.40. The first-order valence-electron chi connectivity index (χ1n) is 19.4. The number of hydrogen-bond acceptors (Lipinski definition) is 19. The van der Waals surface area contributed by atoms with Crippen molar-refractivity contribution in [3.63, 3.8) is 0 Å². The van der Waals surface area contributed by atoms with Gasteiger partial charge in [0.2, 0.25) is 5.56 Å². The molecule has 0 amide bonds. The summed E-state index contributed by atoms with van der Waals surface area (Å²) in [6.07, 6.45) is -10.2. The lowest BCUT2D eigenvalue weighted by molar-refractivity contribution is -0.386. The Hall–Kier alpha value is -5.73. The number of rotatable bonds is 7. The van der Waals surface area contributed by atoms with E-state index in [0.717, 1.165) is 57.5 Å². The minimum atomic E-state index is -2.89. The van der Waals surface area contributed by atoms with E-state index in [0.29, 0.717) is 0 Å². The van der Waals surface area contributed by atoms with Gasteiger partial charge >= 0.3 is 41.8 Å². The summed E-state index contributed by atoms with van der Waals surface area (Å²) in [6.45, 7) is 7.54. The molecule has 20 heteroatoms. The molecule has 3 fully saturated rings. The van der Waals surface area contributed by atoms with Crippen molar-refractivity contribution in [2.24, 2.45) is 24.3 Å². The van der Waals surface area contributed by atoms with Gasteiger partial charge in [-0.05, 0) is 32.0 Å². The minimum absolute atomic E-state index is 0.0591. The van der Waals surface area contributed by atoms with Crippen molar-refractivity contribution in [3.05, 3.63) is 63.8 Å². The third kappa shape index (κ3) is 7.12. The van der Waals surface area contributed by atoms with Gasteiger partial charge in [-0.25, -0.2) is 9.59 Å². The van der Waals surface area contributed by atoms with Crippen LogP contribution in [-0.2, 0) is 68.9 Å². The Morgan fingerprint density at radius 1 is 0.869 bits per heavy atom. The number of carbonyl (C=O) groups excluding carboxylic acids is 7. The van der Waals surface area contributed by atoms with Crippen LogP contribution in [0.5, 0.6) is 0 Å². The predicted molar refractivity (Wildman–Crippen MR) is 201 cm³/mol. The van der Waals surface area contributed by atoms with Crippen LogP contribution in [0.2, 0.25) is 0 Å². The molecule has 20 nitrogen and oxygen atoms in total. The third-order valence-electron chi connectivity index (χ3n) is 12.4. The van der Waals surface area contributed by atoms with Gasteiger partial charge in [-0.15, -0.1) is 0 Å². The van der Waals surface area contributed by atoms with Crippen LogP contribution in [0.3, 0.4) is 0 Å². The highest BCUT2D eigenvalue weighted by Crippen LogP contribution is 2.69. The van der Waals surface area contributed by atoms with Crippen LogP contribution in [0.1, 0.15) is 87.7 Å². The zero-order chi connectivity index (χ0) is 45.1. The fourth-order valence-electron chi connectivity index (χ4n) is 9.64. The molecule has 330 valence electrons. The molecule has 2 aromatic rings. The van der Waals surface area contributed by atoms with Gasteiger partial charge in [0.25, 0.3) is 0 Å². The summed E-state index contributed by atoms with van der Waals surface area (Å²) >= 11 is 0. The largest absolute Gasteiger partial charge is 0.465 e. The Morgan fingerprint density at radius 2 is 1.51 bits per heavy atom. The second-order valence-corrected chi connectivity index (χ2v) is 16.4. The molecule has 1 saturated heterocycles. The molecule has 0 radical (unpaired) electrons. The van der Waals surface area contributed by atoms with Gasteiger partial charge in [-0.1, -0.05) is 13.8 Å². The lowest BCUT2D eigenvalue weighted by Gasteiger charge is -2.67. The standard InChI is InChI=1S/C41H48N2O18/c1-18-19(2)35(50)60-33-30(59-36(51)24-12-13-26(48)43(9)15-24)31(49)40(17-54-20(3)44)34(58-23(6)47)29(56-21(4)45)27-32(57-22(5)46)41(40,39(33,8)53)61-38(27,7)16-55-37(52)25-11-10-14-42-28(18)25/h10-15,18-19,27,29-34,49,53H,16-17H2,1-9H3/t18-,19+,27+,29-,30+,31-,32-,33-,34+,38-,39+,40-,41-/m1/s1. The van der Waals surface area contributed by atoms with Crippen LogP contribution in [0.25, 0.3) is 0 Å². The molecule has 2 aliphatic heterocycles. The molecule has 13 atom stereocenters.